The highest BCUT2D eigenvalue weighted by Crippen LogP contribution is 2.10. The molecule has 23 heavy (non-hydrogen) atoms. The number of hydrogen-bond donors (Lipinski definition) is 2. The standard InChI is InChI=1S/C16H21BrN2O4/c1-10(2)19-15(21)11(3)23-14(20)8-9-18-16(22)12-4-6-13(17)7-5-12/h4-7,10-11H,8-9H2,1-3H3,(H,18,22)(H,19,21)/t11-/m0/s1. The number of rotatable bonds is 7. The predicted molar refractivity (Wildman–Crippen MR) is 89.9 cm³/mol. The van der Waals surface area contributed by atoms with Gasteiger partial charge in [-0.2, -0.15) is 0 Å². The second kappa shape index (κ2) is 9.29. The Hall–Kier alpha value is -1.89. The molecule has 2 amide bonds. The fraction of sp³-hybridized carbons (Fsp3) is 0.438. The number of carbonyl (C=O) groups excluding carboxylic acids is 3. The lowest BCUT2D eigenvalue weighted by molar-refractivity contribution is -0.154. The van der Waals surface area contributed by atoms with E-state index in [0.29, 0.717) is 5.56 Å². The van der Waals surface area contributed by atoms with Gasteiger partial charge >= 0.3 is 5.97 Å². The maximum absolute atomic E-state index is 11.8. The van der Waals surface area contributed by atoms with Gasteiger partial charge in [-0.15, -0.1) is 0 Å². The number of ether oxygens (including phenoxy) is 1. The van der Waals surface area contributed by atoms with E-state index in [1.165, 1.54) is 6.92 Å². The minimum Gasteiger partial charge on any atom is -0.452 e. The SMILES string of the molecule is CC(C)NC(=O)[C@H](C)OC(=O)CCNC(=O)c1ccc(Br)cc1. The highest BCUT2D eigenvalue weighted by molar-refractivity contribution is 9.10. The van der Waals surface area contributed by atoms with Gasteiger partial charge in [-0.3, -0.25) is 14.4 Å². The second-order valence-corrected chi connectivity index (χ2v) is 6.22. The van der Waals surface area contributed by atoms with Crippen LogP contribution in [0.4, 0.5) is 0 Å². The van der Waals surface area contributed by atoms with Crippen molar-refractivity contribution in [1.29, 1.82) is 0 Å². The molecule has 0 saturated heterocycles. The summed E-state index contributed by atoms with van der Waals surface area (Å²) in [5.41, 5.74) is 0.506. The number of hydrogen-bond acceptors (Lipinski definition) is 4. The Kier molecular flexibility index (Phi) is 7.74. The van der Waals surface area contributed by atoms with E-state index in [-0.39, 0.29) is 30.8 Å². The Balaban J connectivity index is 2.32. The first-order valence-corrected chi connectivity index (χ1v) is 8.12. The van der Waals surface area contributed by atoms with Gasteiger partial charge in [0.15, 0.2) is 6.10 Å². The van der Waals surface area contributed by atoms with Crippen LogP contribution in [0.3, 0.4) is 0 Å². The van der Waals surface area contributed by atoms with Crippen molar-refractivity contribution in [1.82, 2.24) is 10.6 Å². The van der Waals surface area contributed by atoms with E-state index in [4.69, 9.17) is 4.74 Å². The fourth-order valence-corrected chi connectivity index (χ4v) is 1.96. The Labute approximate surface area is 144 Å². The lowest BCUT2D eigenvalue weighted by Crippen LogP contribution is -2.39. The molecule has 0 radical (unpaired) electrons. The second-order valence-electron chi connectivity index (χ2n) is 5.31. The highest BCUT2D eigenvalue weighted by Gasteiger charge is 2.18. The first-order valence-electron chi connectivity index (χ1n) is 7.33. The molecule has 7 heteroatoms. The number of esters is 1. The molecular weight excluding hydrogens is 364 g/mol. The van der Waals surface area contributed by atoms with Gasteiger partial charge in [0.05, 0.1) is 6.42 Å². The van der Waals surface area contributed by atoms with Gasteiger partial charge in [-0.25, -0.2) is 0 Å². The summed E-state index contributed by atoms with van der Waals surface area (Å²) in [7, 11) is 0. The van der Waals surface area contributed by atoms with Crippen LogP contribution in [0.25, 0.3) is 0 Å². The molecular formula is C16H21BrN2O4. The fourth-order valence-electron chi connectivity index (χ4n) is 1.69. The lowest BCUT2D eigenvalue weighted by atomic mass is 10.2. The van der Waals surface area contributed by atoms with Crippen LogP contribution in [0.1, 0.15) is 37.6 Å². The van der Waals surface area contributed by atoms with E-state index in [2.05, 4.69) is 26.6 Å². The molecule has 1 aromatic carbocycles. The van der Waals surface area contributed by atoms with E-state index in [1.807, 2.05) is 13.8 Å². The van der Waals surface area contributed by atoms with Crippen molar-refractivity contribution in [3.8, 4) is 0 Å². The zero-order valence-corrected chi connectivity index (χ0v) is 15.0. The molecule has 0 aliphatic carbocycles. The van der Waals surface area contributed by atoms with E-state index in [0.717, 1.165) is 4.47 Å². The maximum atomic E-state index is 11.8. The summed E-state index contributed by atoms with van der Waals surface area (Å²) in [5.74, 6) is -1.14. The third-order valence-corrected chi connectivity index (χ3v) is 3.36. The summed E-state index contributed by atoms with van der Waals surface area (Å²) in [6.07, 6.45) is -0.853. The summed E-state index contributed by atoms with van der Waals surface area (Å²) in [6.45, 7) is 5.30. The molecule has 0 aliphatic rings. The Bertz CT molecular complexity index is 558. The molecule has 0 heterocycles. The van der Waals surface area contributed by atoms with Crippen LogP contribution in [0.2, 0.25) is 0 Å². The summed E-state index contributed by atoms with van der Waals surface area (Å²) in [6, 6.07) is 6.86. The quantitative estimate of drug-likeness (QED) is 0.704. The van der Waals surface area contributed by atoms with E-state index in [1.54, 1.807) is 24.3 Å². The van der Waals surface area contributed by atoms with Crippen molar-refractivity contribution >= 4 is 33.7 Å². The molecule has 0 fully saturated rings. The van der Waals surface area contributed by atoms with Crippen molar-refractivity contribution < 1.29 is 19.1 Å². The molecule has 6 nitrogen and oxygen atoms in total. The maximum Gasteiger partial charge on any atom is 0.308 e. The minimum atomic E-state index is -0.855. The molecule has 1 atom stereocenters. The molecule has 0 aromatic heterocycles. The number of carbonyl (C=O) groups is 3. The van der Waals surface area contributed by atoms with Gasteiger partial charge in [-0.1, -0.05) is 15.9 Å². The highest BCUT2D eigenvalue weighted by atomic mass is 79.9. The van der Waals surface area contributed by atoms with E-state index >= 15 is 0 Å². The van der Waals surface area contributed by atoms with Crippen LogP contribution in [0, 0.1) is 0 Å². The van der Waals surface area contributed by atoms with E-state index < -0.39 is 12.1 Å². The number of nitrogens with one attached hydrogen (secondary N) is 2. The Morgan fingerprint density at radius 1 is 1.13 bits per heavy atom. The van der Waals surface area contributed by atoms with Crippen LogP contribution < -0.4 is 10.6 Å². The zero-order valence-electron chi connectivity index (χ0n) is 13.4. The smallest absolute Gasteiger partial charge is 0.308 e. The van der Waals surface area contributed by atoms with Gasteiger partial charge in [0.1, 0.15) is 0 Å². The summed E-state index contributed by atoms with van der Waals surface area (Å²) in [4.78, 5) is 35.1. The molecule has 0 aliphatic heterocycles. The van der Waals surface area contributed by atoms with Crippen LogP contribution in [0.15, 0.2) is 28.7 Å². The lowest BCUT2D eigenvalue weighted by Gasteiger charge is -2.15. The topological polar surface area (TPSA) is 84.5 Å². The van der Waals surface area contributed by atoms with Crippen LogP contribution in [-0.4, -0.2) is 36.5 Å². The summed E-state index contributed by atoms with van der Waals surface area (Å²) >= 11 is 3.29. The first kappa shape index (κ1) is 19.2. The van der Waals surface area contributed by atoms with Crippen LogP contribution in [-0.2, 0) is 14.3 Å². The molecule has 126 valence electrons. The van der Waals surface area contributed by atoms with Gasteiger partial charge in [0, 0.05) is 22.6 Å². The summed E-state index contributed by atoms with van der Waals surface area (Å²) < 4.78 is 5.89. The first-order chi connectivity index (χ1) is 10.8. The average molecular weight is 385 g/mol. The normalized spacial score (nSPS) is 11.7. The van der Waals surface area contributed by atoms with Gasteiger partial charge in [-0.05, 0) is 45.0 Å². The van der Waals surface area contributed by atoms with Crippen molar-refractivity contribution in [3.05, 3.63) is 34.3 Å². The number of amides is 2. The van der Waals surface area contributed by atoms with Gasteiger partial charge in [0.25, 0.3) is 11.8 Å². The summed E-state index contributed by atoms with van der Waals surface area (Å²) in [5, 5.41) is 5.29. The Morgan fingerprint density at radius 3 is 2.30 bits per heavy atom. The van der Waals surface area contributed by atoms with Crippen molar-refractivity contribution in [2.75, 3.05) is 6.54 Å². The number of benzene rings is 1. The molecule has 1 rings (SSSR count). The third-order valence-electron chi connectivity index (χ3n) is 2.83. The molecule has 0 spiro atoms. The predicted octanol–water partition coefficient (Wildman–Crippen LogP) is 2.03. The molecule has 2 N–H and O–H groups in total. The molecule has 0 bridgehead atoms. The zero-order chi connectivity index (χ0) is 17.4. The average Bonchev–Trinajstić information content (AvgIpc) is 2.46. The van der Waals surface area contributed by atoms with Crippen molar-refractivity contribution in [3.63, 3.8) is 0 Å². The Morgan fingerprint density at radius 2 is 1.74 bits per heavy atom. The molecule has 0 unspecified atom stereocenters. The van der Waals surface area contributed by atoms with Gasteiger partial charge < -0.3 is 15.4 Å². The monoisotopic (exact) mass is 384 g/mol. The van der Waals surface area contributed by atoms with Crippen LogP contribution >= 0.6 is 15.9 Å². The van der Waals surface area contributed by atoms with Crippen molar-refractivity contribution in [2.24, 2.45) is 0 Å². The van der Waals surface area contributed by atoms with Crippen LogP contribution in [0.5, 0.6) is 0 Å². The largest absolute Gasteiger partial charge is 0.452 e. The molecule has 1 aromatic rings. The third kappa shape index (κ3) is 7.27. The van der Waals surface area contributed by atoms with Gasteiger partial charge in [0.2, 0.25) is 0 Å². The number of halogens is 1. The minimum absolute atomic E-state index is 0.00155. The molecule has 0 saturated carbocycles. The van der Waals surface area contributed by atoms with E-state index in [9.17, 15) is 14.4 Å². The van der Waals surface area contributed by atoms with Crippen molar-refractivity contribution in [2.45, 2.75) is 39.3 Å².